The number of aliphatic hydroxyl groups excluding tert-OH is 1. The highest BCUT2D eigenvalue weighted by Gasteiger charge is 2.27. The van der Waals surface area contributed by atoms with Crippen LogP contribution in [0.25, 0.3) is 10.9 Å². The van der Waals surface area contributed by atoms with Gasteiger partial charge in [0.05, 0.1) is 11.6 Å². The number of piperazine rings is 1. The second kappa shape index (κ2) is 11.3. The zero-order valence-corrected chi connectivity index (χ0v) is 20.2. The van der Waals surface area contributed by atoms with Crippen LogP contribution >= 0.6 is 0 Å². The number of ether oxygens (including phenoxy) is 1. The van der Waals surface area contributed by atoms with Gasteiger partial charge >= 0.3 is 0 Å². The molecule has 0 aliphatic carbocycles. The second-order valence-electron chi connectivity index (χ2n) is 9.16. The topological polar surface area (TPSA) is 72.6 Å². The van der Waals surface area contributed by atoms with Crippen LogP contribution in [0.4, 0.5) is 0 Å². The van der Waals surface area contributed by atoms with E-state index in [1.165, 1.54) is 11.1 Å². The van der Waals surface area contributed by atoms with Crippen LogP contribution in [0.3, 0.4) is 0 Å². The lowest BCUT2D eigenvalue weighted by atomic mass is 9.96. The molecule has 0 saturated carbocycles. The molecule has 4 aromatic rings. The number of pyridine rings is 1. The minimum Gasteiger partial charge on any atom is -0.490 e. The van der Waals surface area contributed by atoms with E-state index >= 15 is 0 Å². The normalized spacial score (nSPS) is 15.6. The third-order valence-electron chi connectivity index (χ3n) is 6.71. The number of aliphatic hydroxyl groups is 1. The first-order valence-electron chi connectivity index (χ1n) is 12.4. The SMILES string of the molecule is N#Cc1ccc2c(OCC(O)CN3CCN(C(c4ccccc4)c4ccccc4)CC3)cccc2n1. The first-order chi connectivity index (χ1) is 17.7. The molecule has 0 radical (unpaired) electrons. The zero-order chi connectivity index (χ0) is 24.7. The van der Waals surface area contributed by atoms with Crippen LogP contribution in [0.5, 0.6) is 5.75 Å². The number of hydrogen-bond acceptors (Lipinski definition) is 6. The van der Waals surface area contributed by atoms with Crippen LogP contribution in [0, 0.1) is 11.3 Å². The van der Waals surface area contributed by atoms with Gasteiger partial charge in [0.2, 0.25) is 0 Å². The Kier molecular flexibility index (Phi) is 7.53. The molecule has 6 nitrogen and oxygen atoms in total. The molecule has 1 fully saturated rings. The summed E-state index contributed by atoms with van der Waals surface area (Å²) in [6.45, 7) is 4.41. The van der Waals surface area contributed by atoms with Gasteiger partial charge in [0.15, 0.2) is 0 Å². The van der Waals surface area contributed by atoms with Gasteiger partial charge in [-0.25, -0.2) is 4.98 Å². The Balaban J connectivity index is 1.18. The minimum atomic E-state index is -0.600. The smallest absolute Gasteiger partial charge is 0.141 e. The quantitative estimate of drug-likeness (QED) is 0.408. The lowest BCUT2D eigenvalue weighted by Crippen LogP contribution is -2.50. The van der Waals surface area contributed by atoms with Gasteiger partial charge in [-0.1, -0.05) is 66.7 Å². The highest BCUT2D eigenvalue weighted by atomic mass is 16.5. The van der Waals surface area contributed by atoms with Gasteiger partial charge in [0.25, 0.3) is 0 Å². The van der Waals surface area contributed by atoms with Gasteiger partial charge in [0, 0.05) is 38.1 Å². The molecule has 1 atom stereocenters. The van der Waals surface area contributed by atoms with Crippen molar-refractivity contribution in [2.45, 2.75) is 12.1 Å². The number of hydrogen-bond donors (Lipinski definition) is 1. The lowest BCUT2D eigenvalue weighted by Gasteiger charge is -2.40. The molecule has 0 amide bonds. The number of benzene rings is 3. The van der Waals surface area contributed by atoms with E-state index in [4.69, 9.17) is 10.00 Å². The fourth-order valence-electron chi connectivity index (χ4n) is 4.94. The molecule has 6 heteroatoms. The van der Waals surface area contributed by atoms with Gasteiger partial charge in [-0.15, -0.1) is 0 Å². The van der Waals surface area contributed by atoms with Crippen molar-refractivity contribution in [3.8, 4) is 11.8 Å². The third kappa shape index (κ3) is 5.55. The molecule has 1 unspecified atom stereocenters. The molecule has 36 heavy (non-hydrogen) atoms. The number of nitrogens with zero attached hydrogens (tertiary/aromatic N) is 4. The summed E-state index contributed by atoms with van der Waals surface area (Å²) in [7, 11) is 0. The van der Waals surface area contributed by atoms with Gasteiger partial charge < -0.3 is 9.84 Å². The largest absolute Gasteiger partial charge is 0.490 e. The molecule has 1 saturated heterocycles. The Morgan fingerprint density at radius 1 is 0.833 bits per heavy atom. The van der Waals surface area contributed by atoms with Crippen molar-refractivity contribution in [1.82, 2.24) is 14.8 Å². The van der Waals surface area contributed by atoms with E-state index in [-0.39, 0.29) is 12.6 Å². The first-order valence-corrected chi connectivity index (χ1v) is 12.4. The highest BCUT2D eigenvalue weighted by Crippen LogP contribution is 2.29. The standard InChI is InChI=1S/C30H30N4O2/c31-20-25-14-15-27-28(32-25)12-7-13-29(27)36-22-26(35)21-33-16-18-34(19-17-33)30(23-8-3-1-4-9-23)24-10-5-2-6-11-24/h1-15,26,30,35H,16-19,21-22H2. The third-order valence-corrected chi connectivity index (χ3v) is 6.71. The van der Waals surface area contributed by atoms with E-state index in [9.17, 15) is 5.11 Å². The molecular formula is C30H30N4O2. The molecule has 1 aliphatic heterocycles. The molecule has 5 rings (SSSR count). The summed E-state index contributed by atoms with van der Waals surface area (Å²) in [6.07, 6.45) is -0.600. The van der Waals surface area contributed by atoms with Gasteiger partial charge in [0.1, 0.15) is 30.2 Å². The molecule has 0 spiro atoms. The van der Waals surface area contributed by atoms with Crippen LogP contribution in [-0.2, 0) is 0 Å². The fourth-order valence-corrected chi connectivity index (χ4v) is 4.94. The highest BCUT2D eigenvalue weighted by molar-refractivity contribution is 5.85. The summed E-state index contributed by atoms with van der Waals surface area (Å²) in [6, 6.07) is 32.7. The second-order valence-corrected chi connectivity index (χ2v) is 9.16. The number of β-amino-alcohol motifs (C(OH)–C–C–N with tert-alkyl or cyclic N) is 1. The molecule has 1 N–H and O–H groups in total. The van der Waals surface area contributed by atoms with Crippen LogP contribution in [0.1, 0.15) is 22.9 Å². The van der Waals surface area contributed by atoms with Crippen molar-refractivity contribution in [1.29, 1.82) is 5.26 Å². The Labute approximate surface area is 212 Å². The Morgan fingerprint density at radius 3 is 2.14 bits per heavy atom. The van der Waals surface area contributed by atoms with Gasteiger partial charge in [-0.05, 0) is 35.4 Å². The summed E-state index contributed by atoms with van der Waals surface area (Å²) < 4.78 is 5.96. The number of nitriles is 1. The fraction of sp³-hybridized carbons (Fsp3) is 0.267. The monoisotopic (exact) mass is 478 g/mol. The van der Waals surface area contributed by atoms with Crippen molar-refractivity contribution in [2.24, 2.45) is 0 Å². The molecule has 182 valence electrons. The van der Waals surface area contributed by atoms with Crippen molar-refractivity contribution >= 4 is 10.9 Å². The lowest BCUT2D eigenvalue weighted by molar-refractivity contribution is 0.0404. The van der Waals surface area contributed by atoms with E-state index in [1.807, 2.05) is 24.3 Å². The van der Waals surface area contributed by atoms with Crippen LogP contribution < -0.4 is 4.74 Å². The van der Waals surface area contributed by atoms with E-state index in [2.05, 4.69) is 81.5 Å². The molecular weight excluding hydrogens is 448 g/mol. The van der Waals surface area contributed by atoms with Crippen molar-refractivity contribution in [2.75, 3.05) is 39.3 Å². The van der Waals surface area contributed by atoms with Crippen molar-refractivity contribution in [3.63, 3.8) is 0 Å². The van der Waals surface area contributed by atoms with Crippen molar-refractivity contribution < 1.29 is 9.84 Å². The molecule has 1 aromatic heterocycles. The minimum absolute atomic E-state index is 0.204. The molecule has 3 aromatic carbocycles. The number of aromatic nitrogens is 1. The first kappa shape index (κ1) is 24.0. The number of rotatable bonds is 8. The Bertz CT molecular complexity index is 1280. The molecule has 1 aliphatic rings. The van der Waals surface area contributed by atoms with E-state index in [1.54, 1.807) is 6.07 Å². The summed E-state index contributed by atoms with van der Waals surface area (Å²) in [5.41, 5.74) is 3.69. The van der Waals surface area contributed by atoms with E-state index in [0.29, 0.717) is 23.5 Å². The van der Waals surface area contributed by atoms with Crippen LogP contribution in [0.15, 0.2) is 91.0 Å². The average Bonchev–Trinajstić information content (AvgIpc) is 2.94. The zero-order valence-electron chi connectivity index (χ0n) is 20.2. The maximum atomic E-state index is 10.7. The summed E-state index contributed by atoms with van der Waals surface area (Å²) >= 11 is 0. The Hall–Kier alpha value is -3.76. The summed E-state index contributed by atoms with van der Waals surface area (Å²) in [5, 5.41) is 20.6. The Morgan fingerprint density at radius 2 is 1.50 bits per heavy atom. The van der Waals surface area contributed by atoms with Crippen LogP contribution in [0.2, 0.25) is 0 Å². The predicted molar refractivity (Wildman–Crippen MR) is 141 cm³/mol. The van der Waals surface area contributed by atoms with Crippen molar-refractivity contribution in [3.05, 3.63) is 108 Å². The predicted octanol–water partition coefficient (Wildman–Crippen LogP) is 4.25. The van der Waals surface area contributed by atoms with Gasteiger partial charge in [-0.2, -0.15) is 5.26 Å². The number of fused-ring (bicyclic) bond motifs is 1. The summed E-state index contributed by atoms with van der Waals surface area (Å²) in [4.78, 5) is 9.16. The molecule has 0 bridgehead atoms. The maximum Gasteiger partial charge on any atom is 0.141 e. The maximum absolute atomic E-state index is 10.7. The van der Waals surface area contributed by atoms with Crippen LogP contribution in [-0.4, -0.2) is 65.3 Å². The van der Waals surface area contributed by atoms with E-state index in [0.717, 1.165) is 31.6 Å². The van der Waals surface area contributed by atoms with Gasteiger partial charge in [-0.3, -0.25) is 9.80 Å². The average molecular weight is 479 g/mol. The van der Waals surface area contributed by atoms with E-state index < -0.39 is 6.10 Å². The molecule has 2 heterocycles. The summed E-state index contributed by atoms with van der Waals surface area (Å²) in [5.74, 6) is 0.668.